The summed E-state index contributed by atoms with van der Waals surface area (Å²) >= 11 is 0. The number of hydrogen-bond donors (Lipinski definition) is 2. The van der Waals surface area contributed by atoms with Crippen molar-refractivity contribution in [2.45, 2.75) is 26.2 Å². The zero-order valence-corrected chi connectivity index (χ0v) is 6.10. The van der Waals surface area contributed by atoms with Gasteiger partial charge in [-0.2, -0.15) is 0 Å². The van der Waals surface area contributed by atoms with Crippen molar-refractivity contribution < 1.29 is 0 Å². The van der Waals surface area contributed by atoms with Crippen LogP contribution in [-0.2, 0) is 0 Å². The van der Waals surface area contributed by atoms with Gasteiger partial charge in [-0.1, -0.05) is 6.92 Å². The maximum absolute atomic E-state index is 4.23. The van der Waals surface area contributed by atoms with Crippen LogP contribution in [0.3, 0.4) is 0 Å². The van der Waals surface area contributed by atoms with E-state index in [1.165, 1.54) is 0 Å². The summed E-state index contributed by atoms with van der Waals surface area (Å²) in [6.07, 6.45) is 0.956. The summed E-state index contributed by atoms with van der Waals surface area (Å²) in [5.41, 5.74) is 0. The molecule has 4 heteroatoms. The first-order chi connectivity index (χ1) is 4.74. The van der Waals surface area contributed by atoms with Gasteiger partial charge in [-0.15, -0.1) is 0 Å². The Kier molecular flexibility index (Phi) is 0.859. The SMILES string of the molecule is CCC1=NC2(N=C(C)N2)N1. The molecule has 0 fully saturated rings. The summed E-state index contributed by atoms with van der Waals surface area (Å²) in [7, 11) is 0. The van der Waals surface area contributed by atoms with Crippen molar-refractivity contribution in [3.8, 4) is 0 Å². The number of amidine groups is 2. The first-order valence-electron chi connectivity index (χ1n) is 3.46. The Morgan fingerprint density at radius 2 is 2.00 bits per heavy atom. The number of hydrogen-bond acceptors (Lipinski definition) is 4. The molecule has 0 bridgehead atoms. The smallest absolute Gasteiger partial charge is 0.313 e. The molecule has 0 aliphatic carbocycles. The monoisotopic (exact) mass is 138 g/mol. The minimum Gasteiger partial charge on any atom is -0.313 e. The second-order valence-electron chi connectivity index (χ2n) is 2.53. The van der Waals surface area contributed by atoms with E-state index in [-0.39, 0.29) is 0 Å². The van der Waals surface area contributed by atoms with E-state index >= 15 is 0 Å². The Labute approximate surface area is 59.4 Å². The second-order valence-corrected chi connectivity index (χ2v) is 2.53. The number of nitrogens with one attached hydrogen (secondary N) is 2. The summed E-state index contributed by atoms with van der Waals surface area (Å²) < 4.78 is 0. The van der Waals surface area contributed by atoms with Gasteiger partial charge in [0.15, 0.2) is 0 Å². The molecule has 0 saturated heterocycles. The Hall–Kier alpha value is -1.06. The van der Waals surface area contributed by atoms with Crippen LogP contribution in [0.1, 0.15) is 20.3 Å². The molecule has 2 N–H and O–H groups in total. The van der Waals surface area contributed by atoms with Crippen LogP contribution in [0.4, 0.5) is 0 Å². The molecule has 1 spiro atoms. The summed E-state index contributed by atoms with van der Waals surface area (Å²) in [6.45, 7) is 3.99. The van der Waals surface area contributed by atoms with Gasteiger partial charge in [0.25, 0.3) is 0 Å². The van der Waals surface area contributed by atoms with E-state index in [9.17, 15) is 0 Å². The van der Waals surface area contributed by atoms with E-state index in [2.05, 4.69) is 27.5 Å². The van der Waals surface area contributed by atoms with Gasteiger partial charge in [-0.05, 0) is 6.92 Å². The van der Waals surface area contributed by atoms with Crippen molar-refractivity contribution in [3.63, 3.8) is 0 Å². The van der Waals surface area contributed by atoms with Crippen LogP contribution in [0.2, 0.25) is 0 Å². The molecular formula is C6H10N4. The first-order valence-corrected chi connectivity index (χ1v) is 3.46. The van der Waals surface area contributed by atoms with Crippen LogP contribution in [0.15, 0.2) is 9.98 Å². The lowest BCUT2D eigenvalue weighted by molar-refractivity contribution is 0.296. The highest BCUT2D eigenvalue weighted by Crippen LogP contribution is 2.21. The number of rotatable bonds is 1. The highest BCUT2D eigenvalue weighted by atomic mass is 15.6. The molecule has 0 aromatic heterocycles. The summed E-state index contributed by atoms with van der Waals surface area (Å²) in [5, 5.41) is 6.20. The van der Waals surface area contributed by atoms with Gasteiger partial charge in [0.1, 0.15) is 11.7 Å². The summed E-state index contributed by atoms with van der Waals surface area (Å²) in [4.78, 5) is 8.40. The van der Waals surface area contributed by atoms with Gasteiger partial charge < -0.3 is 10.6 Å². The Morgan fingerprint density at radius 1 is 1.40 bits per heavy atom. The third-order valence-corrected chi connectivity index (χ3v) is 1.63. The van der Waals surface area contributed by atoms with Crippen molar-refractivity contribution in [3.05, 3.63) is 0 Å². The Morgan fingerprint density at radius 3 is 2.40 bits per heavy atom. The maximum atomic E-state index is 4.23. The van der Waals surface area contributed by atoms with E-state index < -0.39 is 5.91 Å². The minimum absolute atomic E-state index is 0.435. The average molecular weight is 138 g/mol. The predicted molar refractivity (Wildman–Crippen MR) is 39.8 cm³/mol. The molecule has 54 valence electrons. The molecule has 2 aliphatic heterocycles. The minimum atomic E-state index is -0.435. The third kappa shape index (κ3) is 0.558. The van der Waals surface area contributed by atoms with Crippen molar-refractivity contribution in [1.29, 1.82) is 0 Å². The lowest BCUT2D eigenvalue weighted by atomic mass is 10.3. The standard InChI is InChI=1S/C6H10N4/c1-3-5-9-6(10-5)7-4(2)8-6/h3H2,1-2H3,(H,7,8)(H,9,10). The maximum Gasteiger partial charge on any atom is 0.313 e. The molecule has 0 radical (unpaired) electrons. The Balaban J connectivity index is 2.09. The van der Waals surface area contributed by atoms with Crippen LogP contribution in [0.5, 0.6) is 0 Å². The molecule has 2 aliphatic rings. The second kappa shape index (κ2) is 1.51. The van der Waals surface area contributed by atoms with Gasteiger partial charge in [-0.25, -0.2) is 9.98 Å². The fourth-order valence-electron chi connectivity index (χ4n) is 1.18. The lowest BCUT2D eigenvalue weighted by Gasteiger charge is -2.43. The average Bonchev–Trinajstić information content (AvgIpc) is 1.74. The Bertz CT molecular complexity index is 230. The van der Waals surface area contributed by atoms with Gasteiger partial charge >= 0.3 is 5.91 Å². The quantitative estimate of drug-likeness (QED) is 0.537. The van der Waals surface area contributed by atoms with Crippen LogP contribution in [0, 0.1) is 0 Å². The normalized spacial score (nSPS) is 34.6. The number of aliphatic imine (C=N–C) groups is 2. The largest absolute Gasteiger partial charge is 0.313 e. The zero-order valence-electron chi connectivity index (χ0n) is 6.10. The van der Waals surface area contributed by atoms with Crippen molar-refractivity contribution in [1.82, 2.24) is 10.6 Å². The van der Waals surface area contributed by atoms with Crippen LogP contribution >= 0.6 is 0 Å². The topological polar surface area (TPSA) is 48.8 Å². The van der Waals surface area contributed by atoms with Crippen LogP contribution in [0.25, 0.3) is 0 Å². The van der Waals surface area contributed by atoms with Crippen molar-refractivity contribution in [2.75, 3.05) is 0 Å². The molecular weight excluding hydrogens is 128 g/mol. The zero-order chi connectivity index (χ0) is 7.19. The molecule has 0 saturated carbocycles. The fraction of sp³-hybridized carbons (Fsp3) is 0.667. The molecule has 10 heavy (non-hydrogen) atoms. The summed E-state index contributed by atoms with van der Waals surface area (Å²) in [5.74, 6) is 1.55. The molecule has 1 unspecified atom stereocenters. The lowest BCUT2D eigenvalue weighted by Crippen LogP contribution is -2.70. The molecule has 1 atom stereocenters. The van der Waals surface area contributed by atoms with Gasteiger partial charge in [0, 0.05) is 6.42 Å². The predicted octanol–water partition coefficient (Wildman–Crippen LogP) is 0.0310. The van der Waals surface area contributed by atoms with Gasteiger partial charge in [0.05, 0.1) is 0 Å². The van der Waals surface area contributed by atoms with E-state index in [1.54, 1.807) is 0 Å². The van der Waals surface area contributed by atoms with E-state index in [1.807, 2.05) is 6.92 Å². The highest BCUT2D eigenvalue weighted by Gasteiger charge is 2.43. The van der Waals surface area contributed by atoms with Gasteiger partial charge in [-0.3, -0.25) is 0 Å². The van der Waals surface area contributed by atoms with E-state index in [4.69, 9.17) is 0 Å². The van der Waals surface area contributed by atoms with E-state index in [0.717, 1.165) is 18.1 Å². The first kappa shape index (κ1) is 5.70. The molecule has 2 rings (SSSR count). The van der Waals surface area contributed by atoms with Crippen molar-refractivity contribution in [2.24, 2.45) is 9.98 Å². The molecule has 2 heterocycles. The van der Waals surface area contributed by atoms with Crippen LogP contribution < -0.4 is 10.6 Å². The highest BCUT2D eigenvalue weighted by molar-refractivity contribution is 5.94. The summed E-state index contributed by atoms with van der Waals surface area (Å²) in [6, 6.07) is 0. The van der Waals surface area contributed by atoms with E-state index in [0.29, 0.717) is 0 Å². The van der Waals surface area contributed by atoms with Crippen molar-refractivity contribution >= 4 is 11.7 Å². The molecule has 0 aromatic rings. The molecule has 4 nitrogen and oxygen atoms in total. The fourth-order valence-corrected chi connectivity index (χ4v) is 1.18. The third-order valence-electron chi connectivity index (χ3n) is 1.63. The number of nitrogens with zero attached hydrogens (tertiary/aromatic N) is 2. The van der Waals surface area contributed by atoms with Crippen LogP contribution in [-0.4, -0.2) is 17.6 Å². The molecule has 0 aromatic carbocycles. The van der Waals surface area contributed by atoms with Gasteiger partial charge in [0.2, 0.25) is 0 Å². The molecule has 0 amide bonds.